The molecule has 2 heterocycles. The van der Waals surface area contributed by atoms with Crippen molar-refractivity contribution in [3.8, 4) is 0 Å². The van der Waals surface area contributed by atoms with Gasteiger partial charge in [0.1, 0.15) is 16.4 Å². The first-order valence-corrected chi connectivity index (χ1v) is 9.20. The fourth-order valence-electron chi connectivity index (χ4n) is 2.01. The van der Waals surface area contributed by atoms with E-state index < -0.39 is 27.2 Å². The number of carbonyl (C=O) groups is 2. The van der Waals surface area contributed by atoms with Gasteiger partial charge in [-0.1, -0.05) is 0 Å². The summed E-state index contributed by atoms with van der Waals surface area (Å²) in [5.41, 5.74) is 0. The largest absolute Gasteiger partial charge is 0.290 e. The Morgan fingerprint density at radius 2 is 1.84 bits per heavy atom. The van der Waals surface area contributed by atoms with Crippen molar-refractivity contribution in [2.45, 2.75) is 15.5 Å². The van der Waals surface area contributed by atoms with E-state index in [9.17, 15) is 22.4 Å². The highest BCUT2D eigenvalue weighted by atomic mass is 32.2. The van der Waals surface area contributed by atoms with E-state index in [1.54, 1.807) is 0 Å². The van der Waals surface area contributed by atoms with Crippen molar-refractivity contribution < 1.29 is 22.4 Å². The number of aromatic nitrogens is 3. The molecule has 0 aliphatic carbocycles. The molecule has 0 radical (unpaired) electrons. The number of sulfone groups is 1. The van der Waals surface area contributed by atoms with Crippen molar-refractivity contribution in [2.75, 3.05) is 0 Å². The van der Waals surface area contributed by atoms with E-state index in [4.69, 9.17) is 0 Å². The normalized spacial score (nSPS) is 11.4. The average Bonchev–Trinajstić information content (AvgIpc) is 3.26. The number of benzene rings is 1. The van der Waals surface area contributed by atoms with E-state index in [-0.39, 0.29) is 21.3 Å². The molecule has 0 bridgehead atoms. The summed E-state index contributed by atoms with van der Waals surface area (Å²) in [7, 11) is -3.81. The van der Waals surface area contributed by atoms with E-state index in [1.165, 1.54) is 30.6 Å². The molecular formula is C15H10FN3O4S2. The van der Waals surface area contributed by atoms with Crippen molar-refractivity contribution >= 4 is 32.7 Å². The zero-order valence-electron chi connectivity index (χ0n) is 12.5. The molecule has 0 saturated carbocycles. The molecular weight excluding hydrogens is 369 g/mol. The molecule has 10 heteroatoms. The Kier molecular flexibility index (Phi) is 4.55. The van der Waals surface area contributed by atoms with Crippen LogP contribution in [0, 0.1) is 5.82 Å². The highest BCUT2D eigenvalue weighted by Crippen LogP contribution is 2.28. The maximum atomic E-state index is 12.9. The van der Waals surface area contributed by atoms with Crippen LogP contribution in [0.2, 0.25) is 0 Å². The lowest BCUT2D eigenvalue weighted by Crippen LogP contribution is -2.17. The molecule has 2 aromatic heterocycles. The molecule has 0 aliphatic rings. The summed E-state index contributed by atoms with van der Waals surface area (Å²) in [6.07, 6.45) is 0.927. The van der Waals surface area contributed by atoms with Crippen LogP contribution < -0.4 is 0 Å². The van der Waals surface area contributed by atoms with Gasteiger partial charge < -0.3 is 0 Å². The summed E-state index contributed by atoms with van der Waals surface area (Å²) in [5.74, 6) is -2.37. The predicted molar refractivity (Wildman–Crippen MR) is 85.6 cm³/mol. The number of ketones is 2. The Morgan fingerprint density at radius 3 is 2.48 bits per heavy atom. The van der Waals surface area contributed by atoms with Gasteiger partial charge in [0.2, 0.25) is 21.4 Å². The Balaban J connectivity index is 1.79. The number of H-pyrrole nitrogens is 1. The molecule has 0 aliphatic heterocycles. The summed E-state index contributed by atoms with van der Waals surface area (Å²) in [6.45, 7) is 0. The van der Waals surface area contributed by atoms with Crippen molar-refractivity contribution in [3.05, 3.63) is 59.2 Å². The van der Waals surface area contributed by atoms with Crippen LogP contribution in [0.3, 0.4) is 0 Å². The number of rotatable bonds is 6. The minimum atomic E-state index is -3.81. The van der Waals surface area contributed by atoms with E-state index in [0.29, 0.717) is 4.88 Å². The van der Waals surface area contributed by atoms with Gasteiger partial charge in [-0.15, -0.1) is 16.4 Å². The van der Waals surface area contributed by atoms with Crippen molar-refractivity contribution in [2.24, 2.45) is 0 Å². The lowest BCUT2D eigenvalue weighted by atomic mass is 10.1. The quantitative estimate of drug-likeness (QED) is 0.397. The van der Waals surface area contributed by atoms with Gasteiger partial charge in [-0.3, -0.25) is 14.7 Å². The molecule has 1 aromatic carbocycles. The van der Waals surface area contributed by atoms with Crippen molar-refractivity contribution in [3.63, 3.8) is 0 Å². The van der Waals surface area contributed by atoms with Gasteiger partial charge in [0.05, 0.1) is 4.90 Å². The average molecular weight is 379 g/mol. The third-order valence-electron chi connectivity index (χ3n) is 3.23. The summed E-state index contributed by atoms with van der Waals surface area (Å²) in [4.78, 5) is 27.7. The zero-order chi connectivity index (χ0) is 18.0. The molecule has 0 fully saturated rings. The Hall–Kier alpha value is -2.72. The van der Waals surface area contributed by atoms with E-state index >= 15 is 0 Å². The number of hydrogen-bond donors (Lipinski definition) is 1. The number of nitrogens with one attached hydrogen (secondary N) is 1. The lowest BCUT2D eigenvalue weighted by molar-refractivity contribution is -0.114. The van der Waals surface area contributed by atoms with Crippen LogP contribution in [0.4, 0.5) is 4.39 Å². The summed E-state index contributed by atoms with van der Waals surface area (Å²) >= 11 is 0.878. The first kappa shape index (κ1) is 17.1. The minimum absolute atomic E-state index is 0.00671. The molecule has 0 atom stereocenters. The smallest absolute Gasteiger partial charge is 0.267 e. The third-order valence-corrected chi connectivity index (χ3v) is 6.58. The maximum absolute atomic E-state index is 12.9. The van der Waals surface area contributed by atoms with Gasteiger partial charge in [0.15, 0.2) is 0 Å². The second-order valence-corrected chi connectivity index (χ2v) is 8.27. The standard InChI is InChI=1S/C15H10FN3O4S2/c16-9-1-4-11(5-2-9)25(22,23)13-6-3-10(24-13)7-12(20)14(21)15-17-8-18-19-15/h1-6,8H,7H2,(H,17,18,19). The van der Waals surface area contributed by atoms with Gasteiger partial charge in [-0.05, 0) is 36.4 Å². The van der Waals surface area contributed by atoms with Crippen molar-refractivity contribution in [1.29, 1.82) is 0 Å². The van der Waals surface area contributed by atoms with Crippen LogP contribution in [0.5, 0.6) is 0 Å². The first-order chi connectivity index (χ1) is 11.9. The zero-order valence-corrected chi connectivity index (χ0v) is 14.1. The molecule has 1 N–H and O–H groups in total. The fraction of sp³-hybridized carbons (Fsp3) is 0.0667. The van der Waals surface area contributed by atoms with Gasteiger partial charge in [-0.2, -0.15) is 0 Å². The minimum Gasteiger partial charge on any atom is -0.290 e. The summed E-state index contributed by atoms with van der Waals surface area (Å²) < 4.78 is 37.9. The second-order valence-electron chi connectivity index (χ2n) is 4.93. The molecule has 128 valence electrons. The highest BCUT2D eigenvalue weighted by Gasteiger charge is 2.23. The topological polar surface area (TPSA) is 110 Å². The number of carbonyl (C=O) groups excluding carboxylic acids is 2. The molecule has 0 amide bonds. The second kappa shape index (κ2) is 6.65. The van der Waals surface area contributed by atoms with Crippen LogP contribution in [0.25, 0.3) is 0 Å². The van der Waals surface area contributed by atoms with Crippen LogP contribution >= 0.6 is 11.3 Å². The van der Waals surface area contributed by atoms with Gasteiger partial charge in [0.25, 0.3) is 5.78 Å². The van der Waals surface area contributed by atoms with Gasteiger partial charge in [0, 0.05) is 11.3 Å². The molecule has 0 spiro atoms. The Labute approximate surface area is 145 Å². The molecule has 3 rings (SSSR count). The van der Waals surface area contributed by atoms with Crippen LogP contribution in [0.15, 0.2) is 51.8 Å². The maximum Gasteiger partial charge on any atom is 0.267 e. The molecule has 0 saturated heterocycles. The summed E-state index contributed by atoms with van der Waals surface area (Å²) in [6, 6.07) is 7.26. The Bertz CT molecular complexity index is 1030. The van der Waals surface area contributed by atoms with Crippen LogP contribution in [0.1, 0.15) is 15.5 Å². The molecule has 25 heavy (non-hydrogen) atoms. The summed E-state index contributed by atoms with van der Waals surface area (Å²) in [5, 5.41) is 5.88. The predicted octanol–water partition coefficient (Wildman–Crippen LogP) is 1.83. The number of halogens is 1. The third kappa shape index (κ3) is 3.54. The lowest BCUT2D eigenvalue weighted by Gasteiger charge is -2.01. The molecule has 7 nitrogen and oxygen atoms in total. The van der Waals surface area contributed by atoms with E-state index in [0.717, 1.165) is 23.5 Å². The van der Waals surface area contributed by atoms with E-state index in [2.05, 4.69) is 15.2 Å². The number of Topliss-reactive ketones (excluding diaryl/α,β-unsaturated/α-hetero) is 2. The van der Waals surface area contributed by atoms with E-state index in [1.807, 2.05) is 0 Å². The number of thiophene rings is 1. The number of nitrogens with zero attached hydrogens (tertiary/aromatic N) is 2. The van der Waals surface area contributed by atoms with Crippen LogP contribution in [-0.2, 0) is 21.1 Å². The first-order valence-electron chi connectivity index (χ1n) is 6.90. The molecule has 0 unspecified atom stereocenters. The SMILES string of the molecule is O=C(Cc1ccc(S(=O)(=O)c2ccc(F)cc2)s1)C(=O)c1nc[nH]n1. The highest BCUT2D eigenvalue weighted by molar-refractivity contribution is 7.93. The number of aromatic amines is 1. The Morgan fingerprint density at radius 1 is 1.12 bits per heavy atom. The van der Waals surface area contributed by atoms with Gasteiger partial charge in [-0.25, -0.2) is 17.8 Å². The number of hydrogen-bond acceptors (Lipinski definition) is 7. The fourth-order valence-corrected chi connectivity index (χ4v) is 4.77. The monoisotopic (exact) mass is 379 g/mol. The van der Waals surface area contributed by atoms with Crippen LogP contribution in [-0.4, -0.2) is 35.2 Å². The van der Waals surface area contributed by atoms with Crippen molar-refractivity contribution in [1.82, 2.24) is 15.2 Å². The molecule has 3 aromatic rings. The van der Waals surface area contributed by atoms with Gasteiger partial charge >= 0.3 is 0 Å².